The number of nitrogens with zero attached hydrogens (tertiary/aromatic N) is 4. The number of aliphatic hydroxyl groups is 1. The molecule has 1 aromatic rings. The number of nitro groups is 1. The maximum absolute atomic E-state index is 10.9. The first kappa shape index (κ1) is 16.2. The molecule has 1 saturated heterocycles. The number of piperazine rings is 1. The van der Waals surface area contributed by atoms with Crippen molar-refractivity contribution < 1.29 is 10.0 Å². The van der Waals surface area contributed by atoms with Gasteiger partial charge in [0.25, 0.3) is 5.69 Å². The van der Waals surface area contributed by atoms with E-state index in [2.05, 4.69) is 16.7 Å². The van der Waals surface area contributed by atoms with Gasteiger partial charge in [0.05, 0.1) is 11.5 Å². The van der Waals surface area contributed by atoms with Crippen LogP contribution in [0.5, 0.6) is 0 Å². The van der Waals surface area contributed by atoms with Crippen LogP contribution in [0.15, 0.2) is 18.2 Å². The third-order valence-electron chi connectivity index (χ3n) is 4.18. The van der Waals surface area contributed by atoms with Crippen LogP contribution in [0.25, 0.3) is 0 Å². The number of nitro benzene ring substituents is 1. The molecule has 1 N–H and O–H groups in total. The summed E-state index contributed by atoms with van der Waals surface area (Å²) >= 11 is 0. The Morgan fingerprint density at radius 1 is 1.41 bits per heavy atom. The molecule has 7 heteroatoms. The average molecular weight is 304 g/mol. The van der Waals surface area contributed by atoms with Crippen molar-refractivity contribution in [3.05, 3.63) is 33.9 Å². The summed E-state index contributed by atoms with van der Waals surface area (Å²) in [5.41, 5.74) is 0.766. The van der Waals surface area contributed by atoms with Gasteiger partial charge < -0.3 is 10.0 Å². The molecule has 0 aliphatic carbocycles. The Morgan fingerprint density at radius 2 is 2.09 bits per heavy atom. The monoisotopic (exact) mass is 304 g/mol. The fourth-order valence-electron chi connectivity index (χ4n) is 2.82. The molecule has 1 fully saturated rings. The fourth-order valence-corrected chi connectivity index (χ4v) is 2.82. The molecule has 7 nitrogen and oxygen atoms in total. The van der Waals surface area contributed by atoms with Crippen molar-refractivity contribution in [2.45, 2.75) is 19.4 Å². The smallest absolute Gasteiger partial charge is 0.287 e. The van der Waals surface area contributed by atoms with Crippen LogP contribution in [-0.4, -0.2) is 53.8 Å². The fraction of sp³-hybridized carbons (Fsp3) is 0.533. The van der Waals surface area contributed by atoms with Crippen molar-refractivity contribution in [2.24, 2.45) is 0 Å². The summed E-state index contributed by atoms with van der Waals surface area (Å²) in [7, 11) is 0. The molecule has 0 radical (unpaired) electrons. The van der Waals surface area contributed by atoms with Crippen LogP contribution in [0.3, 0.4) is 0 Å². The highest BCUT2D eigenvalue weighted by atomic mass is 16.6. The van der Waals surface area contributed by atoms with Gasteiger partial charge in [0.1, 0.15) is 11.6 Å². The molecule has 1 heterocycles. The molecule has 0 saturated carbocycles. The van der Waals surface area contributed by atoms with Crippen molar-refractivity contribution in [3.8, 4) is 6.07 Å². The van der Waals surface area contributed by atoms with Gasteiger partial charge in [-0.25, -0.2) is 0 Å². The molecule has 0 aromatic heterocycles. The summed E-state index contributed by atoms with van der Waals surface area (Å²) in [6, 6.07) is 6.74. The zero-order valence-corrected chi connectivity index (χ0v) is 12.6. The Bertz CT molecular complexity index is 573. The van der Waals surface area contributed by atoms with Crippen molar-refractivity contribution in [1.29, 1.82) is 5.26 Å². The minimum Gasteiger partial charge on any atom is -0.395 e. The zero-order valence-electron chi connectivity index (χ0n) is 12.6. The second-order valence-corrected chi connectivity index (χ2v) is 5.34. The standard InChI is InChI=1S/C15H20N4O3/c1-2-13(11-20)17-5-7-18(8-6-17)14-3-4-15(19(21)22)12(9-14)10-16/h3-4,9,13,20H,2,5-8,11H2,1H3/t13-/m0/s1. The van der Waals surface area contributed by atoms with Gasteiger partial charge in [-0.2, -0.15) is 5.26 Å². The first-order valence-electron chi connectivity index (χ1n) is 7.39. The number of aliphatic hydroxyl groups excluding tert-OH is 1. The lowest BCUT2D eigenvalue weighted by atomic mass is 10.1. The van der Waals surface area contributed by atoms with Gasteiger partial charge in [0, 0.05) is 44.0 Å². The van der Waals surface area contributed by atoms with Crippen molar-refractivity contribution >= 4 is 11.4 Å². The van der Waals surface area contributed by atoms with E-state index in [9.17, 15) is 15.2 Å². The Labute approximate surface area is 129 Å². The van der Waals surface area contributed by atoms with Crippen LogP contribution in [-0.2, 0) is 0 Å². The van der Waals surface area contributed by atoms with Gasteiger partial charge >= 0.3 is 0 Å². The van der Waals surface area contributed by atoms with E-state index in [1.165, 1.54) is 6.07 Å². The maximum Gasteiger partial charge on any atom is 0.287 e. The lowest BCUT2D eigenvalue weighted by molar-refractivity contribution is -0.385. The van der Waals surface area contributed by atoms with Gasteiger partial charge in [-0.05, 0) is 18.6 Å². The van der Waals surface area contributed by atoms with Crippen LogP contribution >= 0.6 is 0 Å². The molecular weight excluding hydrogens is 284 g/mol. The predicted molar refractivity (Wildman–Crippen MR) is 82.8 cm³/mol. The number of benzene rings is 1. The molecule has 0 spiro atoms. The summed E-state index contributed by atoms with van der Waals surface area (Å²) in [6.07, 6.45) is 0.909. The number of rotatable bonds is 5. The molecule has 0 bridgehead atoms. The quantitative estimate of drug-likeness (QED) is 0.652. The van der Waals surface area contributed by atoms with Gasteiger partial charge in [-0.3, -0.25) is 15.0 Å². The van der Waals surface area contributed by atoms with Gasteiger partial charge in [-0.1, -0.05) is 6.92 Å². The van der Waals surface area contributed by atoms with Crippen LogP contribution in [0.1, 0.15) is 18.9 Å². The number of nitriles is 1. The van der Waals surface area contributed by atoms with Crippen LogP contribution in [0.2, 0.25) is 0 Å². The van der Waals surface area contributed by atoms with Gasteiger partial charge in [-0.15, -0.1) is 0 Å². The second-order valence-electron chi connectivity index (χ2n) is 5.34. The summed E-state index contributed by atoms with van der Waals surface area (Å²) in [4.78, 5) is 14.7. The highest BCUT2D eigenvalue weighted by Gasteiger charge is 2.23. The molecule has 1 aliphatic rings. The van der Waals surface area contributed by atoms with Crippen molar-refractivity contribution in [2.75, 3.05) is 37.7 Å². The lowest BCUT2D eigenvalue weighted by Crippen LogP contribution is -2.51. The number of anilines is 1. The van der Waals surface area contributed by atoms with E-state index in [4.69, 9.17) is 5.26 Å². The van der Waals surface area contributed by atoms with Crippen molar-refractivity contribution in [3.63, 3.8) is 0 Å². The minimum atomic E-state index is -0.534. The van der Waals surface area contributed by atoms with Crippen LogP contribution < -0.4 is 4.90 Å². The third-order valence-corrected chi connectivity index (χ3v) is 4.18. The normalized spacial score (nSPS) is 17.0. The van der Waals surface area contributed by atoms with Gasteiger partial charge in [0.15, 0.2) is 0 Å². The first-order chi connectivity index (χ1) is 10.6. The Hall–Kier alpha value is -2.17. The largest absolute Gasteiger partial charge is 0.395 e. The van der Waals surface area contributed by atoms with E-state index in [0.717, 1.165) is 38.3 Å². The molecule has 22 heavy (non-hydrogen) atoms. The molecule has 1 aliphatic heterocycles. The topological polar surface area (TPSA) is 93.6 Å². The third kappa shape index (κ3) is 3.35. The van der Waals surface area contributed by atoms with Crippen molar-refractivity contribution in [1.82, 2.24) is 4.90 Å². The molecule has 2 rings (SSSR count). The SMILES string of the molecule is CC[C@@H](CO)N1CCN(c2ccc([N+](=O)[O-])c(C#N)c2)CC1. The molecule has 1 atom stereocenters. The Morgan fingerprint density at radius 3 is 2.59 bits per heavy atom. The highest BCUT2D eigenvalue weighted by Crippen LogP contribution is 2.25. The van der Waals surface area contributed by atoms with Gasteiger partial charge in [0.2, 0.25) is 0 Å². The van der Waals surface area contributed by atoms with E-state index in [1.807, 2.05) is 6.07 Å². The van der Waals surface area contributed by atoms with E-state index < -0.39 is 4.92 Å². The molecule has 0 unspecified atom stereocenters. The first-order valence-corrected chi connectivity index (χ1v) is 7.39. The van der Waals surface area contributed by atoms with E-state index in [-0.39, 0.29) is 23.9 Å². The Balaban J connectivity index is 2.09. The number of hydrogen-bond donors (Lipinski definition) is 1. The molecule has 0 amide bonds. The minimum absolute atomic E-state index is 0.0896. The van der Waals surface area contributed by atoms with E-state index in [0.29, 0.717) is 0 Å². The predicted octanol–water partition coefficient (Wildman–Crippen LogP) is 1.36. The molecular formula is C15H20N4O3. The van der Waals surface area contributed by atoms with Crippen LogP contribution in [0.4, 0.5) is 11.4 Å². The molecule has 118 valence electrons. The summed E-state index contributed by atoms with van der Waals surface area (Å²) in [5.74, 6) is 0. The lowest BCUT2D eigenvalue weighted by Gasteiger charge is -2.39. The highest BCUT2D eigenvalue weighted by molar-refractivity contribution is 5.60. The van der Waals surface area contributed by atoms with E-state index in [1.54, 1.807) is 12.1 Å². The van der Waals surface area contributed by atoms with E-state index >= 15 is 0 Å². The second kappa shape index (κ2) is 7.20. The Kier molecular flexibility index (Phi) is 5.31. The summed E-state index contributed by atoms with van der Waals surface area (Å²) < 4.78 is 0. The summed E-state index contributed by atoms with van der Waals surface area (Å²) in [5, 5.41) is 29.3. The summed E-state index contributed by atoms with van der Waals surface area (Å²) in [6.45, 7) is 5.43. The zero-order chi connectivity index (χ0) is 16.1. The molecule has 1 aromatic carbocycles. The number of hydrogen-bond acceptors (Lipinski definition) is 6. The maximum atomic E-state index is 10.9. The van der Waals surface area contributed by atoms with Crippen LogP contribution in [0, 0.1) is 21.4 Å². The average Bonchev–Trinajstić information content (AvgIpc) is 2.56.